The van der Waals surface area contributed by atoms with Crippen LogP contribution in [0.4, 0.5) is 0 Å². The van der Waals surface area contributed by atoms with Crippen molar-refractivity contribution < 1.29 is 12.8 Å². The highest BCUT2D eigenvalue weighted by molar-refractivity contribution is 7.91. The molecular weight excluding hydrogens is 346 g/mol. The van der Waals surface area contributed by atoms with E-state index in [2.05, 4.69) is 5.32 Å². The Morgan fingerprint density at radius 3 is 2.58 bits per heavy atom. The van der Waals surface area contributed by atoms with Gasteiger partial charge in [-0.1, -0.05) is 18.2 Å². The molecule has 4 nitrogen and oxygen atoms in total. The molecule has 0 aliphatic carbocycles. The lowest BCUT2D eigenvalue weighted by molar-refractivity contribution is 0.540. The molecule has 24 heavy (non-hydrogen) atoms. The van der Waals surface area contributed by atoms with Gasteiger partial charge >= 0.3 is 0 Å². The smallest absolute Gasteiger partial charge is 0.206 e. The minimum absolute atomic E-state index is 0. The van der Waals surface area contributed by atoms with E-state index in [0.717, 1.165) is 42.6 Å². The molecule has 3 aromatic rings. The van der Waals surface area contributed by atoms with Gasteiger partial charge in [0.15, 0.2) is 0 Å². The third kappa shape index (κ3) is 2.83. The normalized spacial score (nSPS) is 14.7. The molecule has 0 bridgehead atoms. The number of furan rings is 1. The molecule has 0 radical (unpaired) electrons. The maximum Gasteiger partial charge on any atom is 0.206 e. The van der Waals surface area contributed by atoms with Crippen LogP contribution in [0.15, 0.2) is 62.7 Å². The Balaban J connectivity index is 0.00000169. The lowest BCUT2D eigenvalue weighted by atomic mass is 10.1. The summed E-state index contributed by atoms with van der Waals surface area (Å²) >= 11 is 0. The summed E-state index contributed by atoms with van der Waals surface area (Å²) in [5.41, 5.74) is 1.80. The fourth-order valence-corrected chi connectivity index (χ4v) is 4.36. The molecule has 2 aromatic carbocycles. The Bertz CT molecular complexity index is 965. The van der Waals surface area contributed by atoms with E-state index in [1.807, 2.05) is 6.07 Å². The summed E-state index contributed by atoms with van der Waals surface area (Å²) in [4.78, 5) is 0.571. The van der Waals surface area contributed by atoms with E-state index in [4.69, 9.17) is 4.42 Å². The van der Waals surface area contributed by atoms with Gasteiger partial charge in [0.1, 0.15) is 11.3 Å². The topological polar surface area (TPSA) is 59.3 Å². The van der Waals surface area contributed by atoms with Crippen molar-refractivity contribution in [2.45, 2.75) is 29.2 Å². The van der Waals surface area contributed by atoms with Crippen LogP contribution in [0.25, 0.3) is 11.0 Å². The average Bonchev–Trinajstić information content (AvgIpc) is 2.75. The van der Waals surface area contributed by atoms with Gasteiger partial charge in [-0.05, 0) is 37.2 Å². The van der Waals surface area contributed by atoms with E-state index in [-0.39, 0.29) is 17.3 Å². The molecule has 1 aliphatic heterocycles. The highest BCUT2D eigenvalue weighted by Gasteiger charge is 2.21. The highest BCUT2D eigenvalue weighted by Crippen LogP contribution is 2.31. The molecule has 0 spiro atoms. The monoisotopic (exact) mass is 363 g/mol. The number of sulfone groups is 1. The van der Waals surface area contributed by atoms with Crippen LogP contribution < -0.4 is 5.32 Å². The van der Waals surface area contributed by atoms with Crippen LogP contribution in [0.1, 0.15) is 17.7 Å². The van der Waals surface area contributed by atoms with Crippen LogP contribution in [0.5, 0.6) is 0 Å². The van der Waals surface area contributed by atoms with E-state index in [1.165, 1.54) is 0 Å². The minimum Gasteiger partial charge on any atom is -0.461 e. The van der Waals surface area contributed by atoms with E-state index in [9.17, 15) is 8.42 Å². The van der Waals surface area contributed by atoms with Crippen LogP contribution in [-0.4, -0.2) is 15.0 Å². The van der Waals surface area contributed by atoms with Crippen molar-refractivity contribution >= 4 is 33.2 Å². The number of nitrogens with one attached hydrogen (secondary N) is 1. The fraction of sp³-hybridized carbons (Fsp3) is 0.222. The van der Waals surface area contributed by atoms with Gasteiger partial charge in [0.05, 0.1) is 9.79 Å². The van der Waals surface area contributed by atoms with Crippen molar-refractivity contribution in [2.75, 3.05) is 6.54 Å². The van der Waals surface area contributed by atoms with E-state index >= 15 is 0 Å². The zero-order chi connectivity index (χ0) is 15.9. The number of benzene rings is 2. The summed E-state index contributed by atoms with van der Waals surface area (Å²) in [6, 6.07) is 13.7. The molecule has 0 amide bonds. The SMILES string of the molecule is Cl.O=S(=O)(c1ccccc1)c1ccc2c3c(oc2c1)CCCNC3. The maximum atomic E-state index is 12.7. The van der Waals surface area contributed by atoms with Gasteiger partial charge in [0, 0.05) is 30.0 Å². The Kier molecular flexibility index (Phi) is 4.67. The molecule has 0 atom stereocenters. The number of hydrogen-bond donors (Lipinski definition) is 1. The fourth-order valence-electron chi connectivity index (χ4n) is 3.07. The van der Waals surface area contributed by atoms with Gasteiger partial charge in [-0.2, -0.15) is 0 Å². The van der Waals surface area contributed by atoms with Crippen molar-refractivity contribution in [1.82, 2.24) is 5.32 Å². The van der Waals surface area contributed by atoms with Gasteiger partial charge < -0.3 is 9.73 Å². The highest BCUT2D eigenvalue weighted by atomic mass is 35.5. The lowest BCUT2D eigenvalue weighted by Crippen LogP contribution is -2.11. The van der Waals surface area contributed by atoms with Gasteiger partial charge in [-0.25, -0.2) is 8.42 Å². The number of halogens is 1. The molecular formula is C18H18ClNO3S. The molecule has 2 heterocycles. The van der Waals surface area contributed by atoms with Crippen molar-refractivity contribution in [3.8, 4) is 0 Å². The number of aryl methyl sites for hydroxylation is 1. The van der Waals surface area contributed by atoms with E-state index in [0.29, 0.717) is 10.5 Å². The zero-order valence-corrected chi connectivity index (χ0v) is 14.6. The van der Waals surface area contributed by atoms with Crippen LogP contribution in [-0.2, 0) is 22.8 Å². The number of hydrogen-bond acceptors (Lipinski definition) is 4. The first-order valence-corrected chi connectivity index (χ1v) is 9.20. The first kappa shape index (κ1) is 17.0. The number of rotatable bonds is 2. The third-order valence-corrected chi connectivity index (χ3v) is 6.04. The molecule has 0 saturated heterocycles. The van der Waals surface area contributed by atoms with Crippen molar-refractivity contribution in [3.05, 3.63) is 59.9 Å². The van der Waals surface area contributed by atoms with Gasteiger partial charge in [0.25, 0.3) is 0 Å². The molecule has 4 rings (SSSR count). The summed E-state index contributed by atoms with van der Waals surface area (Å²) in [7, 11) is -3.51. The summed E-state index contributed by atoms with van der Waals surface area (Å²) in [6.07, 6.45) is 1.92. The second-order valence-electron chi connectivity index (χ2n) is 5.76. The Morgan fingerprint density at radius 1 is 1.00 bits per heavy atom. The molecule has 0 saturated carbocycles. The summed E-state index contributed by atoms with van der Waals surface area (Å²) in [5.74, 6) is 0.972. The standard InChI is InChI=1S/C18H17NO3S.ClH/c20-23(21,13-5-2-1-3-6-13)14-8-9-15-16-12-19-10-4-7-17(16)22-18(15)11-14;/h1-3,5-6,8-9,11,19H,4,7,10,12H2;1H. The predicted octanol–water partition coefficient (Wildman–Crippen LogP) is 3.72. The van der Waals surface area contributed by atoms with E-state index < -0.39 is 9.84 Å². The molecule has 1 aliphatic rings. The molecule has 0 fully saturated rings. The maximum absolute atomic E-state index is 12.7. The largest absolute Gasteiger partial charge is 0.461 e. The first-order chi connectivity index (χ1) is 11.2. The summed E-state index contributed by atoms with van der Waals surface area (Å²) in [5, 5.41) is 4.38. The average molecular weight is 364 g/mol. The van der Waals surface area contributed by atoms with Gasteiger partial charge in [-0.3, -0.25) is 0 Å². The van der Waals surface area contributed by atoms with Gasteiger partial charge in [-0.15, -0.1) is 12.4 Å². The molecule has 0 unspecified atom stereocenters. The van der Waals surface area contributed by atoms with Crippen LogP contribution in [0.3, 0.4) is 0 Å². The van der Waals surface area contributed by atoms with Crippen LogP contribution >= 0.6 is 12.4 Å². The van der Waals surface area contributed by atoms with Crippen molar-refractivity contribution in [3.63, 3.8) is 0 Å². The first-order valence-electron chi connectivity index (χ1n) is 7.71. The number of fused-ring (bicyclic) bond motifs is 3. The molecule has 1 N–H and O–H groups in total. The summed E-state index contributed by atoms with van der Waals surface area (Å²) < 4.78 is 31.4. The Labute approximate surface area is 147 Å². The molecule has 6 heteroatoms. The Hall–Kier alpha value is -1.82. The zero-order valence-electron chi connectivity index (χ0n) is 13.0. The quantitative estimate of drug-likeness (QED) is 0.753. The minimum atomic E-state index is -3.51. The summed E-state index contributed by atoms with van der Waals surface area (Å²) in [6.45, 7) is 1.75. The second-order valence-corrected chi connectivity index (χ2v) is 7.71. The van der Waals surface area contributed by atoms with Gasteiger partial charge in [0.2, 0.25) is 9.84 Å². The predicted molar refractivity (Wildman–Crippen MR) is 95.4 cm³/mol. The Morgan fingerprint density at radius 2 is 1.79 bits per heavy atom. The second kappa shape index (κ2) is 6.59. The third-order valence-electron chi connectivity index (χ3n) is 4.27. The van der Waals surface area contributed by atoms with Crippen LogP contribution in [0.2, 0.25) is 0 Å². The lowest BCUT2D eigenvalue weighted by Gasteiger charge is -2.04. The molecule has 1 aromatic heterocycles. The van der Waals surface area contributed by atoms with Crippen molar-refractivity contribution in [2.24, 2.45) is 0 Å². The van der Waals surface area contributed by atoms with Crippen LogP contribution in [0, 0.1) is 0 Å². The molecule has 126 valence electrons. The van der Waals surface area contributed by atoms with Crippen molar-refractivity contribution in [1.29, 1.82) is 0 Å². The van der Waals surface area contributed by atoms with E-state index in [1.54, 1.807) is 42.5 Å².